The van der Waals surface area contributed by atoms with Crippen LogP contribution in [0.1, 0.15) is 48.5 Å². The first kappa shape index (κ1) is 22.9. The summed E-state index contributed by atoms with van der Waals surface area (Å²) in [6.07, 6.45) is 6.17. The van der Waals surface area contributed by atoms with Gasteiger partial charge in [0.05, 0.1) is 6.61 Å². The smallest absolute Gasteiger partial charge is 0.123 e. The van der Waals surface area contributed by atoms with Crippen LogP contribution in [0.3, 0.4) is 0 Å². The number of ether oxygens (including phenoxy) is 1. The van der Waals surface area contributed by atoms with Crippen molar-refractivity contribution >= 4 is 0 Å². The zero-order valence-corrected chi connectivity index (χ0v) is 19.0. The lowest BCUT2D eigenvalue weighted by Crippen LogP contribution is -2.39. The van der Waals surface area contributed by atoms with Crippen molar-refractivity contribution in [3.8, 4) is 0 Å². The van der Waals surface area contributed by atoms with Gasteiger partial charge >= 0.3 is 0 Å². The van der Waals surface area contributed by atoms with Gasteiger partial charge < -0.3 is 4.74 Å². The second-order valence-corrected chi connectivity index (χ2v) is 9.27. The minimum atomic E-state index is -0.395. The maximum Gasteiger partial charge on any atom is 0.123 e. The topological polar surface area (TPSA) is 12.5 Å². The minimum Gasteiger partial charge on any atom is -0.365 e. The van der Waals surface area contributed by atoms with Crippen LogP contribution in [-0.4, -0.2) is 23.6 Å². The van der Waals surface area contributed by atoms with Crippen molar-refractivity contribution in [2.45, 2.75) is 50.4 Å². The fraction of sp³-hybridized carbons (Fsp3) is 0.310. The van der Waals surface area contributed by atoms with Gasteiger partial charge in [0.1, 0.15) is 23.6 Å². The normalized spacial score (nSPS) is 21.5. The first-order chi connectivity index (χ1) is 16.5. The third kappa shape index (κ3) is 5.26. The number of piperidine rings is 1. The number of fused-ring (bicyclic) bond motifs is 2. The maximum atomic E-state index is 13.4. The summed E-state index contributed by atoms with van der Waals surface area (Å²) in [5.74, 6) is -0.798. The van der Waals surface area contributed by atoms with Gasteiger partial charge in [-0.05, 0) is 78.8 Å². The van der Waals surface area contributed by atoms with Crippen LogP contribution in [0.4, 0.5) is 13.2 Å². The number of halogens is 3. The van der Waals surface area contributed by atoms with Gasteiger partial charge in [-0.1, -0.05) is 48.0 Å². The van der Waals surface area contributed by atoms with E-state index in [9.17, 15) is 13.2 Å². The lowest BCUT2D eigenvalue weighted by molar-refractivity contribution is 0.102. The van der Waals surface area contributed by atoms with Gasteiger partial charge in [0.15, 0.2) is 0 Å². The zero-order valence-electron chi connectivity index (χ0n) is 19.0. The van der Waals surface area contributed by atoms with Gasteiger partial charge in [-0.3, -0.25) is 4.90 Å². The Morgan fingerprint density at radius 1 is 0.735 bits per heavy atom. The quantitative estimate of drug-likeness (QED) is 0.351. The SMILES string of the molecule is Fc1ccc(CN2[C@@H]3CC[C@H]2CC(=CCOC(c2ccc(F)cc2)c2ccc(F)cc2)C3)cc1. The molecule has 2 nitrogen and oxygen atoms in total. The van der Waals surface area contributed by atoms with Crippen LogP contribution in [-0.2, 0) is 11.3 Å². The molecule has 0 aliphatic carbocycles. The van der Waals surface area contributed by atoms with E-state index >= 15 is 0 Å². The number of hydrogen-bond acceptors (Lipinski definition) is 2. The Bertz CT molecular complexity index is 1060. The Labute approximate surface area is 198 Å². The number of nitrogens with zero attached hydrogens (tertiary/aromatic N) is 1. The van der Waals surface area contributed by atoms with Crippen molar-refractivity contribution in [2.24, 2.45) is 0 Å². The Kier molecular flexibility index (Phi) is 6.84. The minimum absolute atomic E-state index is 0.199. The van der Waals surface area contributed by atoms with Crippen LogP contribution in [0.15, 0.2) is 84.4 Å². The molecule has 0 aromatic heterocycles. The van der Waals surface area contributed by atoms with Crippen molar-refractivity contribution in [2.75, 3.05) is 6.61 Å². The molecule has 2 saturated heterocycles. The van der Waals surface area contributed by atoms with Gasteiger partial charge in [0, 0.05) is 18.6 Å². The number of hydrogen-bond donors (Lipinski definition) is 0. The fourth-order valence-electron chi connectivity index (χ4n) is 5.29. The molecule has 2 fully saturated rings. The van der Waals surface area contributed by atoms with E-state index in [4.69, 9.17) is 4.74 Å². The van der Waals surface area contributed by atoms with E-state index in [1.165, 1.54) is 54.8 Å². The summed E-state index contributed by atoms with van der Waals surface area (Å²) in [7, 11) is 0. The predicted octanol–water partition coefficient (Wildman–Crippen LogP) is 6.96. The van der Waals surface area contributed by atoms with E-state index in [0.29, 0.717) is 18.7 Å². The van der Waals surface area contributed by atoms with Gasteiger partial charge in [0.2, 0.25) is 0 Å². The average molecular weight is 464 g/mol. The third-order valence-corrected chi connectivity index (χ3v) is 7.03. The van der Waals surface area contributed by atoms with Gasteiger partial charge in [0.25, 0.3) is 0 Å². The molecule has 0 saturated carbocycles. The molecule has 2 atom stereocenters. The predicted molar refractivity (Wildman–Crippen MR) is 127 cm³/mol. The van der Waals surface area contributed by atoms with E-state index < -0.39 is 6.10 Å². The molecule has 0 radical (unpaired) electrons. The molecule has 0 spiro atoms. The van der Waals surface area contributed by atoms with E-state index in [1.807, 2.05) is 12.1 Å². The van der Waals surface area contributed by atoms with Crippen molar-refractivity contribution in [3.63, 3.8) is 0 Å². The summed E-state index contributed by atoms with van der Waals surface area (Å²) in [5, 5.41) is 0. The van der Waals surface area contributed by atoms with Crippen LogP contribution in [0.5, 0.6) is 0 Å². The molecule has 0 N–H and O–H groups in total. The van der Waals surface area contributed by atoms with E-state index in [2.05, 4.69) is 11.0 Å². The van der Waals surface area contributed by atoms with Crippen LogP contribution in [0.25, 0.3) is 0 Å². The molecule has 2 aliphatic heterocycles. The fourth-order valence-corrected chi connectivity index (χ4v) is 5.29. The first-order valence-electron chi connectivity index (χ1n) is 11.9. The van der Waals surface area contributed by atoms with Crippen LogP contribution in [0.2, 0.25) is 0 Å². The molecule has 2 heterocycles. The molecule has 0 unspecified atom stereocenters. The van der Waals surface area contributed by atoms with E-state index in [0.717, 1.165) is 36.1 Å². The highest BCUT2D eigenvalue weighted by Gasteiger charge is 2.38. The molecule has 3 aromatic rings. The van der Waals surface area contributed by atoms with Crippen molar-refractivity contribution in [1.82, 2.24) is 4.90 Å². The first-order valence-corrected chi connectivity index (χ1v) is 11.9. The summed E-state index contributed by atoms with van der Waals surface area (Å²) < 4.78 is 46.4. The van der Waals surface area contributed by atoms with E-state index in [1.54, 1.807) is 24.3 Å². The zero-order chi connectivity index (χ0) is 23.5. The lowest BCUT2D eigenvalue weighted by Gasteiger charge is -2.36. The molecule has 5 rings (SSSR count). The number of rotatable bonds is 7. The Morgan fingerprint density at radius 3 is 1.71 bits per heavy atom. The lowest BCUT2D eigenvalue weighted by atomic mass is 9.95. The summed E-state index contributed by atoms with van der Waals surface area (Å²) in [6, 6.07) is 20.3. The third-order valence-electron chi connectivity index (χ3n) is 7.03. The molecule has 3 aromatic carbocycles. The molecule has 0 amide bonds. The summed E-state index contributed by atoms with van der Waals surface area (Å²) in [4.78, 5) is 2.56. The van der Waals surface area contributed by atoms with Crippen molar-refractivity contribution < 1.29 is 17.9 Å². The second-order valence-electron chi connectivity index (χ2n) is 9.27. The molecule has 2 aliphatic rings. The summed E-state index contributed by atoms with van der Waals surface area (Å²) in [6.45, 7) is 1.29. The Morgan fingerprint density at radius 2 is 1.21 bits per heavy atom. The largest absolute Gasteiger partial charge is 0.365 e. The Balaban J connectivity index is 1.25. The monoisotopic (exact) mass is 463 g/mol. The molecule has 5 heteroatoms. The highest BCUT2D eigenvalue weighted by molar-refractivity contribution is 5.31. The highest BCUT2D eigenvalue weighted by atomic mass is 19.1. The van der Waals surface area contributed by atoms with Crippen LogP contribution in [0, 0.1) is 17.5 Å². The van der Waals surface area contributed by atoms with Crippen molar-refractivity contribution in [3.05, 3.63) is 119 Å². The molecular formula is C29H28F3NO. The molecule has 34 heavy (non-hydrogen) atoms. The number of benzene rings is 3. The van der Waals surface area contributed by atoms with Gasteiger partial charge in [-0.15, -0.1) is 0 Å². The van der Waals surface area contributed by atoms with E-state index in [-0.39, 0.29) is 17.5 Å². The van der Waals surface area contributed by atoms with Crippen LogP contribution < -0.4 is 0 Å². The maximum absolute atomic E-state index is 13.4. The summed E-state index contributed by atoms with van der Waals surface area (Å²) >= 11 is 0. The standard InChI is InChI=1S/C29H28F3NO/c30-24-7-1-20(2-8-24)19-33-27-13-14-28(33)18-21(17-27)15-16-34-29(22-3-9-25(31)10-4-22)23-5-11-26(32)12-6-23/h1-12,15,27-29H,13-14,16-19H2/t27-,28+. The Hall–Kier alpha value is -2.89. The van der Waals surface area contributed by atoms with Crippen molar-refractivity contribution in [1.29, 1.82) is 0 Å². The van der Waals surface area contributed by atoms with Gasteiger partial charge in [-0.25, -0.2) is 13.2 Å². The molecule has 2 bridgehead atoms. The highest BCUT2D eigenvalue weighted by Crippen LogP contribution is 2.39. The second kappa shape index (κ2) is 10.2. The van der Waals surface area contributed by atoms with Crippen LogP contribution >= 0.6 is 0 Å². The summed E-state index contributed by atoms with van der Waals surface area (Å²) in [5.41, 5.74) is 4.22. The molecular weight excluding hydrogens is 435 g/mol. The molecule has 176 valence electrons. The van der Waals surface area contributed by atoms with Gasteiger partial charge in [-0.2, -0.15) is 0 Å². The average Bonchev–Trinajstić information content (AvgIpc) is 3.07.